The van der Waals surface area contributed by atoms with Crippen LogP contribution in [0.5, 0.6) is 0 Å². The van der Waals surface area contributed by atoms with Crippen molar-refractivity contribution in [1.29, 1.82) is 0 Å². The van der Waals surface area contributed by atoms with Gasteiger partial charge in [-0.2, -0.15) is 0 Å². The van der Waals surface area contributed by atoms with E-state index < -0.39 is 0 Å². The van der Waals surface area contributed by atoms with Crippen molar-refractivity contribution in [2.24, 2.45) is 5.73 Å². The van der Waals surface area contributed by atoms with E-state index in [0.717, 1.165) is 51.3 Å². The molecule has 1 aromatic heterocycles. The van der Waals surface area contributed by atoms with Gasteiger partial charge >= 0.3 is 0 Å². The number of hydrogen-bond acceptors (Lipinski definition) is 3. The second-order valence-corrected chi connectivity index (χ2v) is 4.69. The Morgan fingerprint density at radius 3 is 2.94 bits per heavy atom. The molecule has 0 aliphatic carbocycles. The second kappa shape index (κ2) is 4.97. The molecule has 0 spiro atoms. The van der Waals surface area contributed by atoms with E-state index in [-0.39, 0.29) is 5.54 Å². The first-order valence-corrected chi connectivity index (χ1v) is 6.10. The molecule has 2 rings (SSSR count). The number of aryl methyl sites for hydroxylation is 1. The molecule has 0 aromatic carbocycles. The van der Waals surface area contributed by atoms with Crippen molar-refractivity contribution in [2.75, 3.05) is 13.2 Å². The minimum atomic E-state index is -0.116. The maximum Gasteiger partial charge on any atom is 0.110 e. The average Bonchev–Trinajstić information content (AvgIpc) is 2.67. The van der Waals surface area contributed by atoms with Crippen LogP contribution < -0.4 is 5.73 Å². The van der Waals surface area contributed by atoms with Crippen LogP contribution in [0.3, 0.4) is 0 Å². The van der Waals surface area contributed by atoms with E-state index in [1.54, 1.807) is 0 Å². The van der Waals surface area contributed by atoms with Crippen LogP contribution in [0.1, 0.15) is 32.0 Å². The minimum Gasteiger partial charge on any atom is -0.381 e. The number of nitrogens with two attached hydrogens (primary N) is 1. The molecular formula is C12H21N3O. The van der Waals surface area contributed by atoms with E-state index in [0.29, 0.717) is 0 Å². The van der Waals surface area contributed by atoms with Crippen LogP contribution >= 0.6 is 0 Å². The van der Waals surface area contributed by atoms with E-state index in [1.165, 1.54) is 0 Å². The molecule has 4 heteroatoms. The monoisotopic (exact) mass is 223 g/mol. The predicted molar refractivity (Wildman–Crippen MR) is 63.2 cm³/mol. The smallest absolute Gasteiger partial charge is 0.110 e. The van der Waals surface area contributed by atoms with Crippen LogP contribution in [0.15, 0.2) is 12.4 Å². The Balaban J connectivity index is 2.04. The minimum absolute atomic E-state index is 0.116. The fourth-order valence-corrected chi connectivity index (χ4v) is 2.22. The zero-order valence-corrected chi connectivity index (χ0v) is 9.98. The number of hydrogen-bond donors (Lipinski definition) is 1. The lowest BCUT2D eigenvalue weighted by atomic mass is 9.87. The highest BCUT2D eigenvalue weighted by Crippen LogP contribution is 2.22. The van der Waals surface area contributed by atoms with Gasteiger partial charge in [0.05, 0.1) is 0 Å². The Bertz CT molecular complexity index is 329. The Morgan fingerprint density at radius 1 is 1.50 bits per heavy atom. The first-order valence-electron chi connectivity index (χ1n) is 6.10. The molecule has 0 radical (unpaired) electrons. The third kappa shape index (κ3) is 2.62. The molecule has 16 heavy (non-hydrogen) atoms. The van der Waals surface area contributed by atoms with Gasteiger partial charge in [-0.25, -0.2) is 4.98 Å². The van der Waals surface area contributed by atoms with E-state index in [2.05, 4.69) is 16.5 Å². The maximum absolute atomic E-state index is 6.38. The van der Waals surface area contributed by atoms with Gasteiger partial charge in [0.15, 0.2) is 0 Å². The topological polar surface area (TPSA) is 53.1 Å². The molecule has 0 atom stereocenters. The Morgan fingerprint density at radius 2 is 2.25 bits per heavy atom. The normalized spacial score (nSPS) is 19.9. The molecule has 0 bridgehead atoms. The van der Waals surface area contributed by atoms with Gasteiger partial charge in [0.1, 0.15) is 5.82 Å². The third-order valence-corrected chi connectivity index (χ3v) is 3.26. The summed E-state index contributed by atoms with van der Waals surface area (Å²) < 4.78 is 7.57. The lowest BCUT2D eigenvalue weighted by Crippen LogP contribution is -2.47. The van der Waals surface area contributed by atoms with Gasteiger partial charge in [-0.3, -0.25) is 0 Å². The first kappa shape index (κ1) is 11.6. The summed E-state index contributed by atoms with van der Waals surface area (Å²) in [5.41, 5.74) is 6.27. The van der Waals surface area contributed by atoms with Gasteiger partial charge in [-0.05, 0) is 19.3 Å². The van der Waals surface area contributed by atoms with Crippen LogP contribution in [0.4, 0.5) is 0 Å². The van der Waals surface area contributed by atoms with Crippen LogP contribution in [-0.4, -0.2) is 28.3 Å². The quantitative estimate of drug-likeness (QED) is 0.838. The summed E-state index contributed by atoms with van der Waals surface area (Å²) in [5.74, 6) is 1.12. The molecule has 0 unspecified atom stereocenters. The Hall–Kier alpha value is -0.870. The van der Waals surface area contributed by atoms with E-state index in [4.69, 9.17) is 10.5 Å². The highest BCUT2D eigenvalue weighted by atomic mass is 16.5. The predicted octanol–water partition coefficient (Wildman–Crippen LogP) is 1.34. The van der Waals surface area contributed by atoms with Crippen molar-refractivity contribution in [3.05, 3.63) is 18.2 Å². The van der Waals surface area contributed by atoms with Gasteiger partial charge in [-0.15, -0.1) is 0 Å². The Kier molecular flexibility index (Phi) is 3.61. The summed E-state index contributed by atoms with van der Waals surface area (Å²) in [6.45, 7) is 4.77. The molecule has 90 valence electrons. The SMILES string of the molecule is CCCn1ccnc1CC1(N)CCOCC1. The number of aromatic nitrogens is 2. The van der Waals surface area contributed by atoms with Crippen molar-refractivity contribution in [3.63, 3.8) is 0 Å². The summed E-state index contributed by atoms with van der Waals surface area (Å²) in [6, 6.07) is 0. The number of imidazole rings is 1. The summed E-state index contributed by atoms with van der Waals surface area (Å²) >= 11 is 0. The lowest BCUT2D eigenvalue weighted by molar-refractivity contribution is 0.0524. The van der Waals surface area contributed by atoms with Gasteiger partial charge in [0, 0.05) is 44.1 Å². The summed E-state index contributed by atoms with van der Waals surface area (Å²) in [7, 11) is 0. The van der Waals surface area contributed by atoms with Gasteiger partial charge in [0.25, 0.3) is 0 Å². The van der Waals surface area contributed by atoms with Gasteiger partial charge in [0.2, 0.25) is 0 Å². The van der Waals surface area contributed by atoms with E-state index >= 15 is 0 Å². The summed E-state index contributed by atoms with van der Waals surface area (Å²) in [6.07, 6.45) is 7.78. The molecule has 1 aliphatic rings. The Labute approximate surface area is 96.8 Å². The average molecular weight is 223 g/mol. The lowest BCUT2D eigenvalue weighted by Gasteiger charge is -2.33. The van der Waals surface area contributed by atoms with E-state index in [9.17, 15) is 0 Å². The molecule has 1 fully saturated rings. The van der Waals surface area contributed by atoms with Crippen LogP contribution in [0.2, 0.25) is 0 Å². The molecule has 0 saturated carbocycles. The van der Waals surface area contributed by atoms with Crippen LogP contribution in [0, 0.1) is 0 Å². The van der Waals surface area contributed by atoms with Crippen molar-refractivity contribution in [2.45, 2.75) is 44.7 Å². The molecule has 1 aromatic rings. The first-order chi connectivity index (χ1) is 7.73. The third-order valence-electron chi connectivity index (χ3n) is 3.26. The fourth-order valence-electron chi connectivity index (χ4n) is 2.22. The van der Waals surface area contributed by atoms with Gasteiger partial charge < -0.3 is 15.0 Å². The maximum atomic E-state index is 6.38. The zero-order valence-electron chi connectivity index (χ0n) is 9.98. The molecule has 4 nitrogen and oxygen atoms in total. The van der Waals surface area contributed by atoms with Crippen molar-refractivity contribution >= 4 is 0 Å². The number of ether oxygens (including phenoxy) is 1. The van der Waals surface area contributed by atoms with Crippen molar-refractivity contribution in [1.82, 2.24) is 9.55 Å². The van der Waals surface area contributed by atoms with Crippen molar-refractivity contribution < 1.29 is 4.74 Å². The van der Waals surface area contributed by atoms with Crippen molar-refractivity contribution in [3.8, 4) is 0 Å². The van der Waals surface area contributed by atoms with Crippen LogP contribution in [-0.2, 0) is 17.7 Å². The standard InChI is InChI=1S/C12H21N3O/c1-2-6-15-7-5-14-11(15)10-12(13)3-8-16-9-4-12/h5,7H,2-4,6,8-10,13H2,1H3. The second-order valence-electron chi connectivity index (χ2n) is 4.69. The molecule has 1 aliphatic heterocycles. The van der Waals surface area contributed by atoms with Gasteiger partial charge in [-0.1, -0.05) is 6.92 Å². The highest BCUT2D eigenvalue weighted by molar-refractivity contribution is 5.01. The van der Waals surface area contributed by atoms with Crippen LogP contribution in [0.25, 0.3) is 0 Å². The zero-order chi connectivity index (χ0) is 11.4. The molecule has 2 N–H and O–H groups in total. The fraction of sp³-hybridized carbons (Fsp3) is 0.750. The molecule has 2 heterocycles. The molecule has 0 amide bonds. The molecular weight excluding hydrogens is 202 g/mol. The van der Waals surface area contributed by atoms with E-state index in [1.807, 2.05) is 12.4 Å². The number of rotatable bonds is 4. The summed E-state index contributed by atoms with van der Waals surface area (Å²) in [4.78, 5) is 4.42. The highest BCUT2D eigenvalue weighted by Gasteiger charge is 2.29. The number of nitrogens with zero attached hydrogens (tertiary/aromatic N) is 2. The largest absolute Gasteiger partial charge is 0.381 e. The summed E-state index contributed by atoms with van der Waals surface area (Å²) in [5, 5.41) is 0. The molecule has 1 saturated heterocycles.